The van der Waals surface area contributed by atoms with E-state index in [2.05, 4.69) is 41.5 Å². The van der Waals surface area contributed by atoms with Crippen LogP contribution in [-0.2, 0) is 11.3 Å². The second-order valence-corrected chi connectivity index (χ2v) is 9.15. The number of aromatic nitrogens is 4. The Balaban J connectivity index is 2.21. The molecule has 0 saturated carbocycles. The molecule has 27 heavy (non-hydrogen) atoms. The summed E-state index contributed by atoms with van der Waals surface area (Å²) in [5.41, 5.74) is 0.409. The van der Waals surface area contributed by atoms with Crippen LogP contribution in [0, 0.1) is 11.3 Å². The topological polar surface area (TPSA) is 84.7 Å². The summed E-state index contributed by atoms with van der Waals surface area (Å²) < 4.78 is 1.84. The average Bonchev–Trinajstić information content (AvgIpc) is 3.00. The molecule has 0 aromatic carbocycles. The summed E-state index contributed by atoms with van der Waals surface area (Å²) in [5.74, 6) is 2.36. The monoisotopic (exact) mass is 392 g/mol. The highest BCUT2D eigenvalue weighted by molar-refractivity contribution is 7.99. The van der Waals surface area contributed by atoms with Gasteiger partial charge in [-0.3, -0.25) is 4.79 Å². The molecule has 0 aliphatic heterocycles. The van der Waals surface area contributed by atoms with Gasteiger partial charge in [0.15, 0.2) is 10.8 Å². The maximum absolute atomic E-state index is 12.1. The lowest BCUT2D eigenvalue weighted by atomic mass is 9.96. The maximum Gasteiger partial charge on any atom is 0.225 e. The Labute approximate surface area is 166 Å². The summed E-state index contributed by atoms with van der Waals surface area (Å²) in [4.78, 5) is 21.4. The van der Waals surface area contributed by atoms with Crippen LogP contribution in [0.15, 0.2) is 11.4 Å². The van der Waals surface area contributed by atoms with E-state index in [0.717, 1.165) is 40.7 Å². The number of fused-ring (bicyclic) bond motifs is 1. The normalized spacial score (nSPS) is 12.0. The van der Waals surface area contributed by atoms with Gasteiger partial charge in [-0.2, -0.15) is 5.10 Å². The van der Waals surface area contributed by atoms with Gasteiger partial charge in [-0.25, -0.2) is 14.6 Å². The van der Waals surface area contributed by atoms with Gasteiger partial charge in [-0.05, 0) is 12.3 Å². The number of hydrogen-bond acceptors (Lipinski definition) is 6. The molecule has 0 atom stereocenters. The van der Waals surface area contributed by atoms with E-state index in [1.54, 1.807) is 18.0 Å². The smallest absolute Gasteiger partial charge is 0.225 e. The summed E-state index contributed by atoms with van der Waals surface area (Å²) in [6.07, 6.45) is 2.87. The van der Waals surface area contributed by atoms with Crippen LogP contribution in [0.3, 0.4) is 0 Å². The second-order valence-electron chi connectivity index (χ2n) is 8.09. The Morgan fingerprint density at radius 1 is 1.30 bits per heavy atom. The molecule has 150 valence electrons. The third kappa shape index (κ3) is 6.09. The van der Waals surface area contributed by atoms with Crippen LogP contribution in [0.25, 0.3) is 11.0 Å². The van der Waals surface area contributed by atoms with E-state index in [1.165, 1.54) is 0 Å². The van der Waals surface area contributed by atoms with Crippen molar-refractivity contribution in [3.63, 3.8) is 0 Å². The van der Waals surface area contributed by atoms with Gasteiger partial charge in [0, 0.05) is 24.3 Å². The predicted octanol–water partition coefficient (Wildman–Crippen LogP) is 3.56. The molecule has 1 amide bonds. The number of thioether (sulfide) groups is 1. The first-order chi connectivity index (χ1) is 12.7. The van der Waals surface area contributed by atoms with Crippen LogP contribution in [-0.4, -0.2) is 44.5 Å². The quantitative estimate of drug-likeness (QED) is 0.501. The van der Waals surface area contributed by atoms with Crippen LogP contribution >= 0.6 is 11.8 Å². The number of rotatable bonds is 9. The minimum atomic E-state index is -0.397. The molecule has 0 aliphatic rings. The number of anilines is 1. The molecule has 0 radical (unpaired) electrons. The first-order valence-corrected chi connectivity index (χ1v) is 10.6. The first kappa shape index (κ1) is 21.5. The molecule has 2 rings (SSSR count). The van der Waals surface area contributed by atoms with Gasteiger partial charge in [-0.1, -0.05) is 53.3 Å². The zero-order valence-electron chi connectivity index (χ0n) is 17.3. The van der Waals surface area contributed by atoms with Crippen molar-refractivity contribution in [2.45, 2.75) is 59.7 Å². The van der Waals surface area contributed by atoms with E-state index in [-0.39, 0.29) is 5.91 Å². The van der Waals surface area contributed by atoms with E-state index in [1.807, 2.05) is 25.5 Å². The van der Waals surface area contributed by atoms with Gasteiger partial charge in [0.25, 0.3) is 0 Å². The lowest BCUT2D eigenvalue weighted by Crippen LogP contribution is -2.36. The number of hydrogen-bond donors (Lipinski definition) is 2. The average molecular weight is 393 g/mol. The van der Waals surface area contributed by atoms with Gasteiger partial charge in [0.2, 0.25) is 5.91 Å². The molecule has 0 unspecified atom stereocenters. The zero-order valence-corrected chi connectivity index (χ0v) is 18.1. The van der Waals surface area contributed by atoms with Gasteiger partial charge in [0.1, 0.15) is 5.82 Å². The molecular formula is C19H32N6OS. The summed E-state index contributed by atoms with van der Waals surface area (Å²) in [6, 6.07) is 0. The third-order valence-corrected chi connectivity index (χ3v) is 4.93. The van der Waals surface area contributed by atoms with Gasteiger partial charge < -0.3 is 10.6 Å². The molecule has 0 saturated heterocycles. The van der Waals surface area contributed by atoms with E-state index < -0.39 is 5.41 Å². The van der Waals surface area contributed by atoms with Crippen LogP contribution in [0.1, 0.15) is 48.0 Å². The molecule has 2 heterocycles. The van der Waals surface area contributed by atoms with Gasteiger partial charge in [-0.15, -0.1) is 0 Å². The van der Waals surface area contributed by atoms with E-state index in [9.17, 15) is 4.79 Å². The minimum Gasteiger partial charge on any atom is -0.369 e. The summed E-state index contributed by atoms with van der Waals surface area (Å²) in [7, 11) is 0. The first-order valence-electron chi connectivity index (χ1n) is 9.61. The molecule has 0 aliphatic carbocycles. The highest BCUT2D eigenvalue weighted by Crippen LogP contribution is 2.25. The number of nitrogens with zero attached hydrogens (tertiary/aromatic N) is 4. The molecular weight excluding hydrogens is 360 g/mol. The molecule has 2 aromatic rings. The molecule has 2 aromatic heterocycles. The number of carbonyl (C=O) groups is 1. The van der Waals surface area contributed by atoms with Crippen molar-refractivity contribution in [1.29, 1.82) is 0 Å². The minimum absolute atomic E-state index is 0.0343. The zero-order chi connectivity index (χ0) is 20.0. The lowest BCUT2D eigenvalue weighted by Gasteiger charge is -2.17. The fourth-order valence-corrected chi connectivity index (χ4v) is 3.03. The van der Waals surface area contributed by atoms with Crippen molar-refractivity contribution in [3.05, 3.63) is 6.20 Å². The van der Waals surface area contributed by atoms with Crippen molar-refractivity contribution < 1.29 is 4.79 Å². The van der Waals surface area contributed by atoms with E-state index in [0.29, 0.717) is 19.0 Å². The SMILES string of the molecule is CCCSc1nc(NCC(C)C)c2cnn(CCNC(=O)C(C)(C)C)c2n1. The van der Waals surface area contributed by atoms with Crippen molar-refractivity contribution in [2.24, 2.45) is 11.3 Å². The molecule has 8 heteroatoms. The third-order valence-electron chi connectivity index (χ3n) is 3.88. The number of carbonyl (C=O) groups excluding carboxylic acids is 1. The number of nitrogens with one attached hydrogen (secondary N) is 2. The summed E-state index contributed by atoms with van der Waals surface area (Å²) in [5, 5.41) is 12.5. The van der Waals surface area contributed by atoms with Crippen LogP contribution in [0.2, 0.25) is 0 Å². The fraction of sp³-hybridized carbons (Fsp3) is 0.684. The van der Waals surface area contributed by atoms with Gasteiger partial charge >= 0.3 is 0 Å². The van der Waals surface area contributed by atoms with Crippen molar-refractivity contribution in [2.75, 3.05) is 24.2 Å². The fourth-order valence-electron chi connectivity index (χ4n) is 2.33. The highest BCUT2D eigenvalue weighted by Gasteiger charge is 2.20. The molecule has 2 N–H and O–H groups in total. The van der Waals surface area contributed by atoms with Gasteiger partial charge in [0.05, 0.1) is 18.1 Å². The maximum atomic E-state index is 12.1. The number of amides is 1. The van der Waals surface area contributed by atoms with Crippen LogP contribution < -0.4 is 10.6 Å². The van der Waals surface area contributed by atoms with Crippen LogP contribution in [0.5, 0.6) is 0 Å². The highest BCUT2D eigenvalue weighted by atomic mass is 32.2. The van der Waals surface area contributed by atoms with E-state index in [4.69, 9.17) is 4.98 Å². The summed E-state index contributed by atoms with van der Waals surface area (Å²) in [6.45, 7) is 14.1. The van der Waals surface area contributed by atoms with Crippen molar-refractivity contribution >= 4 is 34.5 Å². The molecule has 0 fully saturated rings. The molecule has 7 nitrogen and oxygen atoms in total. The Bertz CT molecular complexity index is 765. The Hall–Kier alpha value is -1.83. The predicted molar refractivity (Wildman–Crippen MR) is 112 cm³/mol. The standard InChI is InChI=1S/C19H32N6OS/c1-7-10-27-18-23-15(21-11-13(2)3)14-12-22-25(16(14)24-18)9-8-20-17(26)19(4,5)6/h12-13H,7-11H2,1-6H3,(H,20,26)(H,21,23,24). The summed E-state index contributed by atoms with van der Waals surface area (Å²) >= 11 is 1.65. The van der Waals surface area contributed by atoms with Crippen LogP contribution in [0.4, 0.5) is 5.82 Å². The second kappa shape index (κ2) is 9.39. The van der Waals surface area contributed by atoms with Crippen molar-refractivity contribution in [3.8, 4) is 0 Å². The largest absolute Gasteiger partial charge is 0.369 e. The lowest BCUT2D eigenvalue weighted by molar-refractivity contribution is -0.128. The van der Waals surface area contributed by atoms with Crippen molar-refractivity contribution in [1.82, 2.24) is 25.1 Å². The molecule has 0 spiro atoms. The molecule has 0 bridgehead atoms. The van der Waals surface area contributed by atoms with E-state index >= 15 is 0 Å². The Morgan fingerprint density at radius 2 is 2.04 bits per heavy atom. The Kier molecular flexibility index (Phi) is 7.47. The Morgan fingerprint density at radius 3 is 2.67 bits per heavy atom.